The van der Waals surface area contributed by atoms with E-state index in [0.717, 1.165) is 25.1 Å². The summed E-state index contributed by atoms with van der Waals surface area (Å²) in [5.74, 6) is 0. The number of benzene rings is 2. The molecule has 0 heterocycles. The first-order valence-electron chi connectivity index (χ1n) is 7.13. The molecule has 0 spiro atoms. The monoisotopic (exact) mass is 338 g/mol. The number of halogens is 1. The highest BCUT2D eigenvalue weighted by Gasteiger charge is 2.13. The standard InChI is InChI=1S/C16H19ClN2O2S/c1-2-3-12-18-14-6-8-15(9-7-14)19-22(20,21)16-10-4-13(17)5-11-16/h4-11,18-19H,2-3,12H2,1H3. The van der Waals surface area contributed by atoms with Crippen molar-refractivity contribution in [3.8, 4) is 0 Å². The zero-order chi connectivity index (χ0) is 16.0. The Hall–Kier alpha value is -1.72. The van der Waals surface area contributed by atoms with Crippen molar-refractivity contribution in [1.29, 1.82) is 0 Å². The van der Waals surface area contributed by atoms with Crippen LogP contribution in [0.15, 0.2) is 53.4 Å². The van der Waals surface area contributed by atoms with Crippen LogP contribution in [0.3, 0.4) is 0 Å². The first-order chi connectivity index (χ1) is 10.5. The van der Waals surface area contributed by atoms with Crippen molar-refractivity contribution in [1.82, 2.24) is 0 Å². The summed E-state index contributed by atoms with van der Waals surface area (Å²) in [6, 6.07) is 13.2. The van der Waals surface area contributed by atoms with Crippen LogP contribution in [0.25, 0.3) is 0 Å². The van der Waals surface area contributed by atoms with Crippen molar-refractivity contribution >= 4 is 33.0 Å². The van der Waals surface area contributed by atoms with E-state index in [1.165, 1.54) is 12.1 Å². The zero-order valence-electron chi connectivity index (χ0n) is 12.3. The Morgan fingerprint density at radius 2 is 1.55 bits per heavy atom. The molecule has 0 bridgehead atoms. The fraction of sp³-hybridized carbons (Fsp3) is 0.250. The largest absolute Gasteiger partial charge is 0.385 e. The normalized spacial score (nSPS) is 11.2. The number of hydrogen-bond donors (Lipinski definition) is 2. The first kappa shape index (κ1) is 16.6. The molecular formula is C16H19ClN2O2S. The molecule has 118 valence electrons. The molecule has 0 aliphatic heterocycles. The fourth-order valence-electron chi connectivity index (χ4n) is 1.89. The van der Waals surface area contributed by atoms with Gasteiger partial charge >= 0.3 is 0 Å². The lowest BCUT2D eigenvalue weighted by atomic mass is 10.2. The van der Waals surface area contributed by atoms with Gasteiger partial charge in [0.15, 0.2) is 0 Å². The third kappa shape index (κ3) is 4.64. The van der Waals surface area contributed by atoms with E-state index >= 15 is 0 Å². The van der Waals surface area contributed by atoms with E-state index in [-0.39, 0.29) is 4.90 Å². The Morgan fingerprint density at radius 1 is 0.955 bits per heavy atom. The Bertz CT molecular complexity index is 698. The number of sulfonamides is 1. The SMILES string of the molecule is CCCCNc1ccc(NS(=O)(=O)c2ccc(Cl)cc2)cc1. The highest BCUT2D eigenvalue weighted by atomic mass is 35.5. The van der Waals surface area contributed by atoms with Gasteiger partial charge in [0, 0.05) is 22.9 Å². The second kappa shape index (κ2) is 7.51. The maximum atomic E-state index is 12.2. The maximum absolute atomic E-state index is 12.2. The van der Waals surface area contributed by atoms with Gasteiger partial charge < -0.3 is 5.32 Å². The van der Waals surface area contributed by atoms with Gasteiger partial charge in [-0.3, -0.25) is 4.72 Å². The van der Waals surface area contributed by atoms with Crippen LogP contribution in [-0.2, 0) is 10.0 Å². The summed E-state index contributed by atoms with van der Waals surface area (Å²) in [4.78, 5) is 0.182. The van der Waals surface area contributed by atoms with E-state index in [1.54, 1.807) is 24.3 Å². The summed E-state index contributed by atoms with van der Waals surface area (Å²) in [7, 11) is -3.59. The molecule has 0 unspecified atom stereocenters. The van der Waals surface area contributed by atoms with Gasteiger partial charge in [-0.1, -0.05) is 24.9 Å². The van der Waals surface area contributed by atoms with E-state index in [2.05, 4.69) is 17.0 Å². The van der Waals surface area contributed by atoms with Crippen LogP contribution in [0, 0.1) is 0 Å². The van der Waals surface area contributed by atoms with Crippen molar-refractivity contribution in [3.63, 3.8) is 0 Å². The Balaban J connectivity index is 2.05. The molecule has 6 heteroatoms. The minimum atomic E-state index is -3.59. The molecule has 0 saturated heterocycles. The molecule has 2 N–H and O–H groups in total. The lowest BCUT2D eigenvalue weighted by Crippen LogP contribution is -2.12. The number of rotatable bonds is 7. The van der Waals surface area contributed by atoms with Gasteiger partial charge in [0.25, 0.3) is 10.0 Å². The summed E-state index contributed by atoms with van der Waals surface area (Å²) in [5, 5.41) is 3.78. The molecule has 0 saturated carbocycles. The average Bonchev–Trinajstić information content (AvgIpc) is 2.49. The van der Waals surface area contributed by atoms with Gasteiger partial charge in [-0.05, 0) is 55.0 Å². The van der Waals surface area contributed by atoms with E-state index in [0.29, 0.717) is 10.7 Å². The van der Waals surface area contributed by atoms with Gasteiger partial charge in [-0.25, -0.2) is 8.42 Å². The van der Waals surface area contributed by atoms with Gasteiger partial charge in [-0.15, -0.1) is 0 Å². The third-order valence-corrected chi connectivity index (χ3v) is 4.77. The lowest BCUT2D eigenvalue weighted by molar-refractivity contribution is 0.601. The van der Waals surface area contributed by atoms with Crippen LogP contribution in [0.2, 0.25) is 5.02 Å². The molecule has 0 fully saturated rings. The Kier molecular flexibility index (Phi) is 5.69. The minimum absolute atomic E-state index is 0.182. The first-order valence-corrected chi connectivity index (χ1v) is 9.00. The molecular weight excluding hydrogens is 320 g/mol. The Labute approximate surface area is 136 Å². The summed E-state index contributed by atoms with van der Waals surface area (Å²) in [6.07, 6.45) is 2.23. The van der Waals surface area contributed by atoms with Crippen LogP contribution in [0.4, 0.5) is 11.4 Å². The molecule has 0 amide bonds. The van der Waals surface area contributed by atoms with E-state index in [9.17, 15) is 8.42 Å². The van der Waals surface area contributed by atoms with Crippen LogP contribution < -0.4 is 10.0 Å². The second-order valence-electron chi connectivity index (χ2n) is 4.92. The zero-order valence-corrected chi connectivity index (χ0v) is 13.9. The predicted molar refractivity (Wildman–Crippen MR) is 92.1 cm³/mol. The molecule has 2 aromatic rings. The predicted octanol–water partition coefficient (Wildman–Crippen LogP) is 4.35. The number of unbranched alkanes of at least 4 members (excludes halogenated alkanes) is 1. The Morgan fingerprint density at radius 3 is 2.14 bits per heavy atom. The topological polar surface area (TPSA) is 58.2 Å². The van der Waals surface area contributed by atoms with Gasteiger partial charge in [0.2, 0.25) is 0 Å². The van der Waals surface area contributed by atoms with Gasteiger partial charge in [-0.2, -0.15) is 0 Å². The van der Waals surface area contributed by atoms with Crippen molar-refractivity contribution in [2.45, 2.75) is 24.7 Å². The fourth-order valence-corrected chi connectivity index (χ4v) is 3.08. The molecule has 0 radical (unpaired) electrons. The number of nitrogens with one attached hydrogen (secondary N) is 2. The molecule has 0 aliphatic rings. The number of anilines is 2. The minimum Gasteiger partial charge on any atom is -0.385 e. The molecule has 4 nitrogen and oxygen atoms in total. The van der Waals surface area contributed by atoms with E-state index < -0.39 is 10.0 Å². The highest BCUT2D eigenvalue weighted by molar-refractivity contribution is 7.92. The summed E-state index contributed by atoms with van der Waals surface area (Å²) in [6.45, 7) is 3.04. The second-order valence-corrected chi connectivity index (χ2v) is 7.04. The molecule has 0 aliphatic carbocycles. The van der Waals surface area contributed by atoms with Crippen LogP contribution in [0.1, 0.15) is 19.8 Å². The summed E-state index contributed by atoms with van der Waals surface area (Å²) < 4.78 is 27.0. The van der Waals surface area contributed by atoms with Gasteiger partial charge in [0.05, 0.1) is 4.90 Å². The summed E-state index contributed by atoms with van der Waals surface area (Å²) >= 11 is 5.77. The third-order valence-electron chi connectivity index (χ3n) is 3.12. The van der Waals surface area contributed by atoms with Gasteiger partial charge in [0.1, 0.15) is 0 Å². The lowest BCUT2D eigenvalue weighted by Gasteiger charge is -2.10. The number of hydrogen-bond acceptors (Lipinski definition) is 3. The quantitative estimate of drug-likeness (QED) is 0.738. The maximum Gasteiger partial charge on any atom is 0.261 e. The molecule has 2 rings (SSSR count). The van der Waals surface area contributed by atoms with Crippen LogP contribution >= 0.6 is 11.6 Å². The highest BCUT2D eigenvalue weighted by Crippen LogP contribution is 2.19. The molecule has 0 atom stereocenters. The average molecular weight is 339 g/mol. The van der Waals surface area contributed by atoms with Crippen LogP contribution in [-0.4, -0.2) is 15.0 Å². The van der Waals surface area contributed by atoms with Crippen molar-refractivity contribution in [2.24, 2.45) is 0 Å². The smallest absolute Gasteiger partial charge is 0.261 e. The van der Waals surface area contributed by atoms with Crippen LogP contribution in [0.5, 0.6) is 0 Å². The molecule has 2 aromatic carbocycles. The van der Waals surface area contributed by atoms with E-state index in [4.69, 9.17) is 11.6 Å². The van der Waals surface area contributed by atoms with E-state index in [1.807, 2.05) is 12.1 Å². The molecule has 22 heavy (non-hydrogen) atoms. The van der Waals surface area contributed by atoms with Crippen molar-refractivity contribution in [2.75, 3.05) is 16.6 Å². The summed E-state index contributed by atoms with van der Waals surface area (Å²) in [5.41, 5.74) is 1.50. The van der Waals surface area contributed by atoms with Crippen molar-refractivity contribution in [3.05, 3.63) is 53.6 Å². The van der Waals surface area contributed by atoms with Crippen molar-refractivity contribution < 1.29 is 8.42 Å². The molecule has 0 aromatic heterocycles.